The maximum atomic E-state index is 15.1. The first kappa shape index (κ1) is 46.0. The normalized spacial score (nSPS) is 37.1. The molecule has 0 aliphatic carbocycles. The average Bonchev–Trinajstić information content (AvgIpc) is 3.89. The van der Waals surface area contributed by atoms with Crippen molar-refractivity contribution in [1.82, 2.24) is 4.90 Å². The number of nitrogens with one attached hydrogen (secondary N) is 2. The molecule has 5 heterocycles. The Hall–Kier alpha value is -3.98. The molecule has 4 amide bonds. The number of likely N-dealkylation sites (tertiary alicyclic amines) is 1. The van der Waals surface area contributed by atoms with E-state index >= 15 is 4.79 Å². The Labute approximate surface area is 356 Å². The highest BCUT2D eigenvalue weighted by atomic mass is 28.4. The van der Waals surface area contributed by atoms with Gasteiger partial charge in [0.2, 0.25) is 5.91 Å². The van der Waals surface area contributed by atoms with Crippen LogP contribution in [0.2, 0.25) is 18.6 Å². The Morgan fingerprint density at radius 2 is 1.35 bits per heavy atom. The van der Waals surface area contributed by atoms with Gasteiger partial charge in [0.15, 0.2) is 38.7 Å². The molecule has 0 radical (unpaired) electrons. The highest BCUT2D eigenvalue weighted by molar-refractivity contribution is 6.71. The molecule has 1 spiro atoms. The first-order valence-corrected chi connectivity index (χ1v) is 23.4. The number of aliphatic hydroxyl groups excluding tert-OH is 9. The molecule has 0 aromatic heterocycles. The molecular formula is C40H54N4O17Si. The standard InChI is InChI=1S/C40H54N4O17Si/c1-17-34(62(2,3)58)24(14-25(46)43-12-4-5-21(43)16-45)61-40(17)22-13-20(42-36(54)33-29(50)27(48)31(52)38(56)60-33)10-11-23(22)44(39(40)57)15-18-6-8-19(9-7-18)41-35(53)32-28(49)26(47)30(51)37(55)59-32/h6-11,13,17,21,24,26-34,37-38,45,47-52,55-56,58H,4-5,12,14-16H2,1-3H3,(H,41,53)(H,42,54)/t17-,21+,24+,26+,27+,28+,29+,30-,31-,32+,33+,34-,37-,38-,40+/m1/s1. The molecule has 2 aromatic carbocycles. The molecule has 12 N–H and O–H groups in total. The molecule has 15 atom stereocenters. The Balaban J connectivity index is 1.19. The Bertz CT molecular complexity index is 2020. The van der Waals surface area contributed by atoms with Crippen molar-refractivity contribution in [2.24, 2.45) is 5.92 Å². The number of aliphatic hydroxyl groups is 9. The second kappa shape index (κ2) is 17.5. The predicted octanol–water partition coefficient (Wildman–Crippen LogP) is -3.12. The molecule has 22 heteroatoms. The molecular weight excluding hydrogens is 837 g/mol. The van der Waals surface area contributed by atoms with Crippen molar-refractivity contribution in [3.63, 3.8) is 0 Å². The minimum absolute atomic E-state index is 0.0648. The smallest absolute Gasteiger partial charge is 0.264 e. The molecule has 0 bridgehead atoms. The lowest BCUT2D eigenvalue weighted by molar-refractivity contribution is -0.274. The predicted molar refractivity (Wildman–Crippen MR) is 215 cm³/mol. The van der Waals surface area contributed by atoms with Gasteiger partial charge in [-0.15, -0.1) is 0 Å². The van der Waals surface area contributed by atoms with Gasteiger partial charge >= 0.3 is 0 Å². The van der Waals surface area contributed by atoms with Crippen LogP contribution in [0, 0.1) is 5.92 Å². The van der Waals surface area contributed by atoms with E-state index in [1.807, 2.05) is 0 Å². The lowest BCUT2D eigenvalue weighted by Crippen LogP contribution is -2.60. The largest absolute Gasteiger partial charge is 0.432 e. The Kier molecular flexibility index (Phi) is 13.0. The maximum absolute atomic E-state index is 15.1. The third-order valence-electron chi connectivity index (χ3n) is 12.8. The fourth-order valence-corrected chi connectivity index (χ4v) is 12.2. The highest BCUT2D eigenvalue weighted by Gasteiger charge is 2.66. The van der Waals surface area contributed by atoms with Crippen molar-refractivity contribution in [1.29, 1.82) is 0 Å². The third kappa shape index (κ3) is 8.17. The molecule has 0 saturated carbocycles. The third-order valence-corrected chi connectivity index (χ3v) is 15.3. The second-order valence-electron chi connectivity index (χ2n) is 17.3. The van der Waals surface area contributed by atoms with Gasteiger partial charge in [-0.2, -0.15) is 0 Å². The van der Waals surface area contributed by atoms with E-state index in [1.165, 1.54) is 29.2 Å². The van der Waals surface area contributed by atoms with Gasteiger partial charge in [0.1, 0.15) is 36.6 Å². The number of hydrogen-bond donors (Lipinski definition) is 12. The number of ether oxygens (including phenoxy) is 3. The van der Waals surface area contributed by atoms with Gasteiger partial charge in [0.25, 0.3) is 17.7 Å². The van der Waals surface area contributed by atoms with Gasteiger partial charge in [-0.05, 0) is 61.8 Å². The SMILES string of the molecule is C[C@@H]1[C@@H]([Si](C)(C)O)[C@H](CC(=O)N2CCC[C@H]2CO)O[C@@]12C(=O)N(Cc1ccc(NC(=O)[C@H]3O[C@@H](O)[C@H](O)[C@@H](O)[C@@H]3O)cc1)c1ccc(NC(=O)[C@H]3O[C@@H](O)[C@H](O)[C@@H](O)[C@@H]3O)cc12. The summed E-state index contributed by atoms with van der Waals surface area (Å²) in [5.41, 5.74) is -0.985. The summed E-state index contributed by atoms with van der Waals surface area (Å²) in [6.07, 6.45) is -18.5. The van der Waals surface area contributed by atoms with Crippen molar-refractivity contribution in [2.75, 3.05) is 28.7 Å². The van der Waals surface area contributed by atoms with Crippen molar-refractivity contribution >= 4 is 49.0 Å². The van der Waals surface area contributed by atoms with Crippen LogP contribution in [-0.2, 0) is 45.5 Å². The topological polar surface area (TPSA) is 329 Å². The molecule has 2 aromatic rings. The number of anilines is 3. The molecule has 340 valence electrons. The minimum atomic E-state index is -3.26. The van der Waals surface area contributed by atoms with Crippen LogP contribution in [0.25, 0.3) is 0 Å². The van der Waals surface area contributed by atoms with Crippen LogP contribution in [0.4, 0.5) is 17.1 Å². The average molecular weight is 891 g/mol. The molecule has 62 heavy (non-hydrogen) atoms. The van der Waals surface area contributed by atoms with Crippen molar-refractivity contribution in [2.45, 2.75) is 131 Å². The van der Waals surface area contributed by atoms with E-state index in [2.05, 4.69) is 10.6 Å². The van der Waals surface area contributed by atoms with E-state index in [-0.39, 0.29) is 48.5 Å². The summed E-state index contributed by atoms with van der Waals surface area (Å²) < 4.78 is 16.9. The van der Waals surface area contributed by atoms with E-state index in [4.69, 9.17) is 14.2 Å². The van der Waals surface area contributed by atoms with E-state index in [0.717, 1.165) is 0 Å². The van der Waals surface area contributed by atoms with Crippen LogP contribution in [0.1, 0.15) is 37.3 Å². The molecule has 4 saturated heterocycles. The van der Waals surface area contributed by atoms with Crippen molar-refractivity contribution in [3.8, 4) is 0 Å². The minimum Gasteiger partial charge on any atom is -0.432 e. The second-order valence-corrected chi connectivity index (χ2v) is 21.2. The summed E-state index contributed by atoms with van der Waals surface area (Å²) in [6.45, 7) is 5.29. The van der Waals surface area contributed by atoms with Gasteiger partial charge in [0.05, 0.1) is 37.4 Å². The first-order valence-electron chi connectivity index (χ1n) is 20.4. The van der Waals surface area contributed by atoms with Crippen molar-refractivity contribution < 1.29 is 84.1 Å². The van der Waals surface area contributed by atoms with Crippen LogP contribution in [0.5, 0.6) is 0 Å². The van der Waals surface area contributed by atoms with Gasteiger partial charge in [-0.1, -0.05) is 19.1 Å². The van der Waals surface area contributed by atoms with E-state index in [1.54, 1.807) is 43.1 Å². The van der Waals surface area contributed by atoms with Crippen molar-refractivity contribution in [3.05, 3.63) is 53.6 Å². The van der Waals surface area contributed by atoms with E-state index in [0.29, 0.717) is 30.6 Å². The zero-order valence-electron chi connectivity index (χ0n) is 34.1. The quantitative estimate of drug-likeness (QED) is 0.105. The van der Waals surface area contributed by atoms with Gasteiger partial charge < -0.3 is 85.4 Å². The molecule has 5 aliphatic heterocycles. The summed E-state index contributed by atoms with van der Waals surface area (Å²) >= 11 is 0. The van der Waals surface area contributed by atoms with Gasteiger partial charge in [0, 0.05) is 34.9 Å². The number of fused-ring (bicyclic) bond motifs is 2. The summed E-state index contributed by atoms with van der Waals surface area (Å²) in [7, 11) is -3.26. The van der Waals surface area contributed by atoms with E-state index < -0.39 is 111 Å². The summed E-state index contributed by atoms with van der Waals surface area (Å²) in [4.78, 5) is 70.1. The number of nitrogens with zero attached hydrogens (tertiary/aromatic N) is 2. The first-order chi connectivity index (χ1) is 29.2. The summed E-state index contributed by atoms with van der Waals surface area (Å²) in [5, 5.41) is 95.6. The Morgan fingerprint density at radius 3 is 1.90 bits per heavy atom. The number of carbonyl (C=O) groups is 4. The zero-order chi connectivity index (χ0) is 45.2. The van der Waals surface area contributed by atoms with Crippen LogP contribution in [0.3, 0.4) is 0 Å². The number of amides is 4. The number of rotatable bonds is 10. The molecule has 0 unspecified atom stereocenters. The van der Waals surface area contributed by atoms with Crippen LogP contribution >= 0.6 is 0 Å². The zero-order valence-corrected chi connectivity index (χ0v) is 35.1. The highest BCUT2D eigenvalue weighted by Crippen LogP contribution is 2.60. The van der Waals surface area contributed by atoms with Crippen LogP contribution in [-0.4, -0.2) is 174 Å². The monoisotopic (exact) mass is 890 g/mol. The number of hydrogen-bond acceptors (Lipinski definition) is 17. The van der Waals surface area contributed by atoms with Crippen LogP contribution in [0.15, 0.2) is 42.5 Å². The molecule has 4 fully saturated rings. The fraction of sp³-hybridized carbons (Fsp3) is 0.600. The van der Waals surface area contributed by atoms with Crippen LogP contribution < -0.4 is 15.5 Å². The number of carbonyl (C=O) groups excluding carboxylic acids is 4. The maximum Gasteiger partial charge on any atom is 0.264 e. The van der Waals surface area contributed by atoms with E-state index in [9.17, 15) is 65.1 Å². The fourth-order valence-electron chi connectivity index (χ4n) is 9.61. The Morgan fingerprint density at radius 1 is 0.806 bits per heavy atom. The van der Waals surface area contributed by atoms with Gasteiger partial charge in [-0.25, -0.2) is 0 Å². The lowest BCUT2D eigenvalue weighted by atomic mass is 9.82. The summed E-state index contributed by atoms with van der Waals surface area (Å²) in [6, 6.07) is 10.3. The number of benzene rings is 2. The molecule has 21 nitrogen and oxygen atoms in total. The molecule has 7 rings (SSSR count). The van der Waals surface area contributed by atoms with Gasteiger partial charge in [-0.3, -0.25) is 19.2 Å². The summed E-state index contributed by atoms with van der Waals surface area (Å²) in [5.74, 6) is -3.49. The molecule has 5 aliphatic rings. The lowest BCUT2D eigenvalue weighted by Gasteiger charge is -2.37.